The quantitative estimate of drug-likeness (QED) is 0.271. The first-order valence-electron chi connectivity index (χ1n) is 1.48. The van der Waals surface area contributed by atoms with Crippen LogP contribution < -0.4 is 0 Å². The Balaban J connectivity index is 2.54. The maximum atomic E-state index is 4.66. The number of rotatable bonds is 2. The minimum Gasteiger partial charge on any atom is -0.418 e. The lowest BCUT2D eigenvalue weighted by molar-refractivity contribution is 0.0313. The topological polar surface area (TPSA) is 18.5 Å². The van der Waals surface area contributed by atoms with Crippen molar-refractivity contribution in [3.05, 3.63) is 0 Å². The van der Waals surface area contributed by atoms with Crippen LogP contribution in [0, 0.1) is 12.5 Å². The van der Waals surface area contributed by atoms with Gasteiger partial charge >= 0.3 is 0 Å². The average molecular weight is 86.1 g/mol. The lowest BCUT2D eigenvalue weighted by atomic mass is 11.2. The van der Waals surface area contributed by atoms with Crippen LogP contribution in [-0.4, -0.2) is 13.9 Å². The Hall–Kier alpha value is -0.680. The first-order valence-corrected chi connectivity index (χ1v) is 1.48. The van der Waals surface area contributed by atoms with Gasteiger partial charge in [-0.05, 0) is 0 Å². The number of hydrogen-bond acceptors (Lipinski definition) is 2. The maximum absolute atomic E-state index is 4.66. The van der Waals surface area contributed by atoms with Crippen LogP contribution in [0.2, 0.25) is 0 Å². The second-order valence-electron chi connectivity index (χ2n) is 0.669. The highest BCUT2D eigenvalue weighted by Gasteiger charge is 1.66. The van der Waals surface area contributed by atoms with E-state index >= 15 is 0 Å². The smallest absolute Gasteiger partial charge is 0.199 e. The lowest BCUT2D eigenvalue weighted by Gasteiger charge is -1.88. The molecule has 0 aliphatic rings. The van der Waals surface area contributed by atoms with Gasteiger partial charge in [0.25, 0.3) is 0 Å². The number of methoxy groups -OCH3 is 1. The highest BCUT2D eigenvalue weighted by atomic mass is 16.6. The Bertz CT molecular complexity index is 53.1. The fourth-order valence-corrected chi connectivity index (χ4v) is 0.0929. The van der Waals surface area contributed by atoms with E-state index in [-0.39, 0.29) is 6.79 Å². The van der Waals surface area contributed by atoms with Crippen molar-refractivity contribution in [1.29, 1.82) is 0 Å². The van der Waals surface area contributed by atoms with Gasteiger partial charge in [-0.15, -0.1) is 0 Å². The zero-order chi connectivity index (χ0) is 4.83. The van der Waals surface area contributed by atoms with Crippen LogP contribution in [0.3, 0.4) is 0 Å². The van der Waals surface area contributed by atoms with Gasteiger partial charge in [0.2, 0.25) is 0 Å². The Kier molecular flexibility index (Phi) is 3.83. The SMILES string of the molecule is C#COCOC. The fraction of sp³-hybridized carbons (Fsp3) is 0.500. The van der Waals surface area contributed by atoms with Crippen LogP contribution in [0.15, 0.2) is 0 Å². The summed E-state index contributed by atoms with van der Waals surface area (Å²) in [5, 5.41) is 0. The molecule has 0 saturated heterocycles. The standard InChI is InChI=1S/C4H6O2/c1-3-6-4-5-2/h1H,4H2,2H3. The summed E-state index contributed by atoms with van der Waals surface area (Å²) in [6.07, 6.45) is 6.61. The fourth-order valence-electron chi connectivity index (χ4n) is 0.0929. The minimum absolute atomic E-state index is 0.177. The molecule has 0 rings (SSSR count). The summed E-state index contributed by atoms with van der Waals surface area (Å²) >= 11 is 0. The van der Waals surface area contributed by atoms with E-state index in [2.05, 4.69) is 15.9 Å². The molecular weight excluding hydrogens is 80.0 g/mol. The zero-order valence-corrected chi connectivity index (χ0v) is 3.60. The molecule has 0 aliphatic carbocycles. The summed E-state index contributed by atoms with van der Waals surface area (Å²) < 4.78 is 8.71. The summed E-state index contributed by atoms with van der Waals surface area (Å²) in [6.45, 7) is 0.177. The molecule has 0 heterocycles. The summed E-state index contributed by atoms with van der Waals surface area (Å²) in [5.74, 6) is 0. The summed E-state index contributed by atoms with van der Waals surface area (Å²) in [4.78, 5) is 0. The summed E-state index contributed by atoms with van der Waals surface area (Å²) in [7, 11) is 1.51. The van der Waals surface area contributed by atoms with Gasteiger partial charge in [0.05, 0.1) is 0 Å². The van der Waals surface area contributed by atoms with Crippen molar-refractivity contribution in [3.8, 4) is 12.5 Å². The molecule has 0 aliphatic heterocycles. The van der Waals surface area contributed by atoms with E-state index < -0.39 is 0 Å². The predicted molar refractivity (Wildman–Crippen MR) is 21.8 cm³/mol. The molecule has 2 heteroatoms. The highest BCUT2D eigenvalue weighted by molar-refractivity contribution is 4.66. The second-order valence-corrected chi connectivity index (χ2v) is 0.669. The third-order valence-corrected chi connectivity index (χ3v) is 0.260. The van der Waals surface area contributed by atoms with Crippen molar-refractivity contribution in [2.75, 3.05) is 13.9 Å². The molecule has 0 saturated carbocycles. The van der Waals surface area contributed by atoms with E-state index in [9.17, 15) is 0 Å². The van der Waals surface area contributed by atoms with Crippen LogP contribution in [0.1, 0.15) is 0 Å². The molecule has 0 bridgehead atoms. The first kappa shape index (κ1) is 5.32. The molecule has 0 aromatic rings. The minimum atomic E-state index is 0.177. The predicted octanol–water partition coefficient (Wildman–Crippen LogP) is 0.198. The van der Waals surface area contributed by atoms with Gasteiger partial charge in [0.15, 0.2) is 6.79 Å². The van der Waals surface area contributed by atoms with Gasteiger partial charge in [-0.2, -0.15) is 0 Å². The lowest BCUT2D eigenvalue weighted by Crippen LogP contribution is -1.87. The molecule has 6 heavy (non-hydrogen) atoms. The molecule has 0 amide bonds. The summed E-state index contributed by atoms with van der Waals surface area (Å²) in [5.41, 5.74) is 0. The van der Waals surface area contributed by atoms with Crippen LogP contribution in [0.5, 0.6) is 0 Å². The van der Waals surface area contributed by atoms with E-state index in [4.69, 9.17) is 0 Å². The van der Waals surface area contributed by atoms with E-state index in [0.29, 0.717) is 0 Å². The van der Waals surface area contributed by atoms with E-state index in [0.717, 1.165) is 0 Å². The van der Waals surface area contributed by atoms with Crippen molar-refractivity contribution in [3.63, 3.8) is 0 Å². The molecule has 0 atom stereocenters. The third kappa shape index (κ3) is 3.32. The Morgan fingerprint density at radius 3 is 2.67 bits per heavy atom. The Morgan fingerprint density at radius 2 is 2.50 bits per heavy atom. The number of hydrogen-bond donors (Lipinski definition) is 0. The van der Waals surface area contributed by atoms with Crippen molar-refractivity contribution in [2.45, 2.75) is 0 Å². The molecule has 0 N–H and O–H groups in total. The van der Waals surface area contributed by atoms with Crippen LogP contribution in [-0.2, 0) is 9.47 Å². The molecule has 0 fully saturated rings. The maximum Gasteiger partial charge on any atom is 0.199 e. The first-order chi connectivity index (χ1) is 2.91. The van der Waals surface area contributed by atoms with E-state index in [1.165, 1.54) is 7.11 Å². The van der Waals surface area contributed by atoms with Gasteiger partial charge in [-0.3, -0.25) is 0 Å². The molecule has 0 radical (unpaired) electrons. The third-order valence-electron chi connectivity index (χ3n) is 0.260. The number of terminal acetylenes is 1. The van der Waals surface area contributed by atoms with E-state index in [1.54, 1.807) is 0 Å². The monoisotopic (exact) mass is 86.0 g/mol. The van der Waals surface area contributed by atoms with Gasteiger partial charge < -0.3 is 9.47 Å². The molecule has 34 valence electrons. The van der Waals surface area contributed by atoms with Crippen molar-refractivity contribution < 1.29 is 9.47 Å². The number of ether oxygens (including phenoxy) is 2. The highest BCUT2D eigenvalue weighted by Crippen LogP contribution is 1.64. The second kappa shape index (κ2) is 4.32. The Labute approximate surface area is 37.1 Å². The molecule has 0 aromatic carbocycles. The zero-order valence-electron chi connectivity index (χ0n) is 3.60. The molecule has 0 unspecified atom stereocenters. The van der Waals surface area contributed by atoms with Crippen molar-refractivity contribution in [1.82, 2.24) is 0 Å². The molecule has 0 aromatic heterocycles. The molecule has 0 spiro atoms. The van der Waals surface area contributed by atoms with Crippen molar-refractivity contribution >= 4 is 0 Å². The van der Waals surface area contributed by atoms with Crippen molar-refractivity contribution in [2.24, 2.45) is 0 Å². The largest absolute Gasteiger partial charge is 0.418 e. The van der Waals surface area contributed by atoms with Gasteiger partial charge in [-0.1, -0.05) is 6.42 Å². The van der Waals surface area contributed by atoms with Crippen LogP contribution in [0.4, 0.5) is 0 Å². The molecular formula is C4H6O2. The van der Waals surface area contributed by atoms with Gasteiger partial charge in [0.1, 0.15) is 6.11 Å². The van der Waals surface area contributed by atoms with Crippen LogP contribution >= 0.6 is 0 Å². The normalized spacial score (nSPS) is 6.67. The summed E-state index contributed by atoms with van der Waals surface area (Å²) in [6, 6.07) is 0. The average Bonchev–Trinajstić information content (AvgIpc) is 1.61. The molecule has 2 nitrogen and oxygen atoms in total. The Morgan fingerprint density at radius 1 is 1.83 bits per heavy atom. The van der Waals surface area contributed by atoms with Gasteiger partial charge in [-0.25, -0.2) is 0 Å². The van der Waals surface area contributed by atoms with Gasteiger partial charge in [0, 0.05) is 7.11 Å². The van der Waals surface area contributed by atoms with E-state index in [1.807, 2.05) is 6.11 Å². The van der Waals surface area contributed by atoms with Crippen LogP contribution in [0.25, 0.3) is 0 Å².